The summed E-state index contributed by atoms with van der Waals surface area (Å²) in [5, 5.41) is 21.8. The van der Waals surface area contributed by atoms with Crippen molar-refractivity contribution in [3.63, 3.8) is 0 Å². The number of rotatable bonds is 6. The topological polar surface area (TPSA) is 93.1 Å². The summed E-state index contributed by atoms with van der Waals surface area (Å²) in [7, 11) is 0. The molecule has 166 valence electrons. The van der Waals surface area contributed by atoms with E-state index < -0.39 is 6.10 Å². The summed E-state index contributed by atoms with van der Waals surface area (Å²) in [6.07, 6.45) is 5.31. The number of benzene rings is 1. The lowest BCUT2D eigenvalue weighted by Crippen LogP contribution is -2.43. The molecule has 30 heavy (non-hydrogen) atoms. The van der Waals surface area contributed by atoms with E-state index in [2.05, 4.69) is 19.2 Å². The number of aliphatic hydroxyl groups is 2. The maximum absolute atomic E-state index is 13.3. The molecule has 0 saturated carbocycles. The van der Waals surface area contributed by atoms with Crippen molar-refractivity contribution in [3.05, 3.63) is 29.3 Å². The number of nitrogens with one attached hydrogen (secondary N) is 1. The summed E-state index contributed by atoms with van der Waals surface area (Å²) in [5.41, 5.74) is 1.58. The van der Waals surface area contributed by atoms with Crippen LogP contribution in [0.5, 0.6) is 0 Å². The fourth-order valence-electron chi connectivity index (χ4n) is 4.41. The summed E-state index contributed by atoms with van der Waals surface area (Å²) in [4.78, 5) is 30.3. The summed E-state index contributed by atoms with van der Waals surface area (Å²) < 4.78 is 0. The zero-order valence-corrected chi connectivity index (χ0v) is 18.1. The minimum Gasteiger partial charge on any atom is -0.394 e. The Labute approximate surface area is 179 Å². The van der Waals surface area contributed by atoms with Crippen molar-refractivity contribution in [2.24, 2.45) is 0 Å². The molecule has 3 N–H and O–H groups in total. The Morgan fingerprint density at radius 1 is 0.967 bits per heavy atom. The van der Waals surface area contributed by atoms with Gasteiger partial charge in [-0.1, -0.05) is 0 Å². The molecule has 3 atom stereocenters. The Morgan fingerprint density at radius 2 is 1.47 bits per heavy atom. The van der Waals surface area contributed by atoms with Crippen LogP contribution in [0.25, 0.3) is 0 Å². The highest BCUT2D eigenvalue weighted by molar-refractivity contribution is 6.01. The minimum absolute atomic E-state index is 0.0608. The van der Waals surface area contributed by atoms with Gasteiger partial charge in [-0.25, -0.2) is 0 Å². The standard InChI is InChI=1S/C23H35N3O4/c1-16-7-3-5-9-25(16)22(29)18-11-19(13-20(12-18)24-14-21(28)15-27)23(30)26-10-6-4-8-17(26)2/h11-13,16-17,21,24,27-28H,3-10,14-15H2,1-2H3. The Morgan fingerprint density at radius 3 is 1.90 bits per heavy atom. The lowest BCUT2D eigenvalue weighted by molar-refractivity contribution is 0.0634. The van der Waals surface area contributed by atoms with Gasteiger partial charge in [0.1, 0.15) is 0 Å². The Hall–Kier alpha value is -2.12. The van der Waals surface area contributed by atoms with Gasteiger partial charge in [0.05, 0.1) is 12.7 Å². The van der Waals surface area contributed by atoms with Crippen molar-refractivity contribution in [2.45, 2.75) is 70.6 Å². The first-order valence-electron chi connectivity index (χ1n) is 11.2. The van der Waals surface area contributed by atoms with Gasteiger partial charge in [0.2, 0.25) is 0 Å². The van der Waals surface area contributed by atoms with E-state index in [4.69, 9.17) is 5.11 Å². The van der Waals surface area contributed by atoms with E-state index in [9.17, 15) is 14.7 Å². The third-order valence-corrected chi connectivity index (χ3v) is 6.31. The van der Waals surface area contributed by atoms with Crippen molar-refractivity contribution in [3.8, 4) is 0 Å². The van der Waals surface area contributed by atoms with Crippen molar-refractivity contribution >= 4 is 17.5 Å². The third kappa shape index (κ3) is 5.32. The summed E-state index contributed by atoms with van der Waals surface area (Å²) in [6, 6.07) is 5.55. The van der Waals surface area contributed by atoms with E-state index in [0.717, 1.165) is 51.6 Å². The van der Waals surface area contributed by atoms with Crippen molar-refractivity contribution < 1.29 is 19.8 Å². The average molecular weight is 418 g/mol. The van der Waals surface area contributed by atoms with Gasteiger partial charge in [-0.05, 0) is 70.6 Å². The molecular weight excluding hydrogens is 382 g/mol. The lowest BCUT2D eigenvalue weighted by atomic mass is 9.99. The summed E-state index contributed by atoms with van der Waals surface area (Å²) >= 11 is 0. The quantitative estimate of drug-likeness (QED) is 0.661. The van der Waals surface area contributed by atoms with Gasteiger partial charge in [-0.15, -0.1) is 0 Å². The van der Waals surface area contributed by atoms with Crippen LogP contribution in [0.4, 0.5) is 5.69 Å². The van der Waals surface area contributed by atoms with E-state index in [1.54, 1.807) is 18.2 Å². The van der Waals surface area contributed by atoms with Gasteiger partial charge >= 0.3 is 0 Å². The number of amides is 2. The van der Waals surface area contributed by atoms with Crippen LogP contribution in [0.2, 0.25) is 0 Å². The Bertz CT molecular complexity index is 702. The van der Waals surface area contributed by atoms with Gasteiger partial charge in [0, 0.05) is 48.5 Å². The number of piperidine rings is 2. The average Bonchev–Trinajstić information content (AvgIpc) is 2.77. The maximum atomic E-state index is 13.3. The number of carbonyl (C=O) groups is 2. The molecule has 2 saturated heterocycles. The van der Waals surface area contributed by atoms with E-state index in [0.29, 0.717) is 16.8 Å². The lowest BCUT2D eigenvalue weighted by Gasteiger charge is -2.34. The molecule has 2 amide bonds. The second-order valence-electron chi connectivity index (χ2n) is 8.70. The Balaban J connectivity index is 1.89. The highest BCUT2D eigenvalue weighted by Crippen LogP contribution is 2.25. The molecule has 0 bridgehead atoms. The number of likely N-dealkylation sites (tertiary alicyclic amines) is 2. The highest BCUT2D eigenvalue weighted by Gasteiger charge is 2.28. The molecule has 0 spiro atoms. The number of carbonyl (C=O) groups excluding carboxylic acids is 2. The highest BCUT2D eigenvalue weighted by atomic mass is 16.3. The SMILES string of the molecule is CC1CCCCN1C(=O)c1cc(NCC(O)CO)cc(C(=O)N2CCCCC2C)c1. The fraction of sp³-hybridized carbons (Fsp3) is 0.652. The Kier molecular flexibility index (Phi) is 7.72. The third-order valence-electron chi connectivity index (χ3n) is 6.31. The fourth-order valence-corrected chi connectivity index (χ4v) is 4.41. The van der Waals surface area contributed by atoms with Gasteiger partial charge in [-0.2, -0.15) is 0 Å². The summed E-state index contributed by atoms with van der Waals surface area (Å²) in [6.45, 7) is 5.38. The molecule has 2 heterocycles. The molecule has 0 radical (unpaired) electrons. The molecule has 0 aromatic heterocycles. The van der Waals surface area contributed by atoms with E-state index in [1.807, 2.05) is 9.80 Å². The van der Waals surface area contributed by atoms with E-state index in [-0.39, 0.29) is 37.0 Å². The second kappa shape index (κ2) is 10.3. The van der Waals surface area contributed by atoms with Crippen LogP contribution >= 0.6 is 0 Å². The van der Waals surface area contributed by atoms with Gasteiger partial charge in [0.15, 0.2) is 0 Å². The predicted octanol–water partition coefficient (Wildman–Crippen LogP) is 2.48. The molecular formula is C23H35N3O4. The second-order valence-corrected chi connectivity index (χ2v) is 8.70. The summed E-state index contributed by atoms with van der Waals surface area (Å²) in [5.74, 6) is -0.122. The van der Waals surface area contributed by atoms with Gasteiger partial charge < -0.3 is 25.3 Å². The van der Waals surface area contributed by atoms with Crippen LogP contribution in [0.3, 0.4) is 0 Å². The molecule has 2 fully saturated rings. The van der Waals surface area contributed by atoms with Crippen LogP contribution in [0, 0.1) is 0 Å². The van der Waals surface area contributed by atoms with E-state index in [1.165, 1.54) is 0 Å². The largest absolute Gasteiger partial charge is 0.394 e. The molecule has 3 unspecified atom stereocenters. The smallest absolute Gasteiger partial charge is 0.254 e. The molecule has 1 aromatic carbocycles. The number of hydrogen-bond acceptors (Lipinski definition) is 5. The number of anilines is 1. The number of nitrogens with zero attached hydrogens (tertiary/aromatic N) is 2. The minimum atomic E-state index is -0.909. The van der Waals surface area contributed by atoms with Crippen LogP contribution in [0.15, 0.2) is 18.2 Å². The molecule has 2 aliphatic heterocycles. The van der Waals surface area contributed by atoms with Crippen LogP contribution in [-0.4, -0.2) is 76.3 Å². The first kappa shape index (κ1) is 22.6. The number of aliphatic hydroxyl groups excluding tert-OH is 2. The predicted molar refractivity (Wildman–Crippen MR) is 117 cm³/mol. The zero-order chi connectivity index (χ0) is 21.7. The molecule has 2 aliphatic rings. The van der Waals surface area contributed by atoms with Crippen molar-refractivity contribution in [1.29, 1.82) is 0 Å². The monoisotopic (exact) mass is 417 g/mol. The van der Waals surface area contributed by atoms with Crippen LogP contribution < -0.4 is 5.32 Å². The zero-order valence-electron chi connectivity index (χ0n) is 18.1. The number of hydrogen-bond donors (Lipinski definition) is 3. The maximum Gasteiger partial charge on any atom is 0.254 e. The molecule has 7 heteroatoms. The van der Waals surface area contributed by atoms with E-state index >= 15 is 0 Å². The van der Waals surface area contributed by atoms with Crippen molar-refractivity contribution in [2.75, 3.05) is 31.6 Å². The molecule has 3 rings (SSSR count). The van der Waals surface area contributed by atoms with Crippen LogP contribution in [-0.2, 0) is 0 Å². The molecule has 1 aromatic rings. The van der Waals surface area contributed by atoms with Crippen LogP contribution in [0.1, 0.15) is 73.1 Å². The first-order valence-corrected chi connectivity index (χ1v) is 11.2. The van der Waals surface area contributed by atoms with Crippen molar-refractivity contribution in [1.82, 2.24) is 9.80 Å². The normalized spacial score (nSPS) is 23.2. The van der Waals surface area contributed by atoms with Gasteiger partial charge in [0.25, 0.3) is 11.8 Å². The van der Waals surface area contributed by atoms with Gasteiger partial charge in [-0.3, -0.25) is 9.59 Å². The molecule has 7 nitrogen and oxygen atoms in total. The molecule has 0 aliphatic carbocycles. The first-order chi connectivity index (χ1) is 14.4.